The molecule has 164 valence electrons. The van der Waals surface area contributed by atoms with Crippen LogP contribution < -0.4 is 5.73 Å². The van der Waals surface area contributed by atoms with Gasteiger partial charge in [-0.2, -0.15) is 5.10 Å². The molecule has 0 radical (unpaired) electrons. The van der Waals surface area contributed by atoms with Crippen molar-refractivity contribution in [2.45, 2.75) is 0 Å². The first-order chi connectivity index (χ1) is 16.1. The Balaban J connectivity index is 1.36. The van der Waals surface area contributed by atoms with Crippen molar-refractivity contribution < 1.29 is 13.9 Å². The molecule has 0 spiro atoms. The van der Waals surface area contributed by atoms with Gasteiger partial charge in [0.25, 0.3) is 5.91 Å². The van der Waals surface area contributed by atoms with Crippen LogP contribution in [0.15, 0.2) is 60.8 Å². The van der Waals surface area contributed by atoms with Gasteiger partial charge in [-0.05, 0) is 48.4 Å². The number of amides is 1. The Labute approximate surface area is 189 Å². The van der Waals surface area contributed by atoms with Crippen LogP contribution in [0.25, 0.3) is 16.9 Å². The number of carbonyl (C=O) groups excluding carboxylic acids is 1. The molecule has 1 fully saturated rings. The highest BCUT2D eigenvalue weighted by atomic mass is 19.1. The summed E-state index contributed by atoms with van der Waals surface area (Å²) in [5.41, 5.74) is 9.71. The molecule has 2 aromatic heterocycles. The molecule has 2 N–H and O–H groups in total. The van der Waals surface area contributed by atoms with Gasteiger partial charge in [-0.25, -0.2) is 13.9 Å². The van der Waals surface area contributed by atoms with Gasteiger partial charge in [0.2, 0.25) is 0 Å². The molecule has 0 bridgehead atoms. The van der Waals surface area contributed by atoms with Gasteiger partial charge in [-0.15, -0.1) is 0 Å². The number of morpholine rings is 1. The topological polar surface area (TPSA) is 85.8 Å². The third kappa shape index (κ3) is 4.40. The van der Waals surface area contributed by atoms with E-state index >= 15 is 0 Å². The number of halogens is 1. The van der Waals surface area contributed by atoms with Gasteiger partial charge in [0, 0.05) is 29.8 Å². The number of ether oxygens (including phenoxy) is 1. The number of nitrogens with two attached hydrogens (primary N) is 1. The molecule has 4 aromatic rings. The minimum Gasteiger partial charge on any atom is -0.396 e. The number of hydrogen-bond acceptors (Lipinski definition) is 5. The maximum Gasteiger partial charge on any atom is 0.254 e. The van der Waals surface area contributed by atoms with E-state index in [0.29, 0.717) is 48.8 Å². The molecule has 1 aliphatic heterocycles. The fourth-order valence-corrected chi connectivity index (χ4v) is 3.59. The number of hydrogen-bond donors (Lipinski definition) is 1. The predicted octanol–water partition coefficient (Wildman–Crippen LogP) is 2.99. The van der Waals surface area contributed by atoms with E-state index in [1.54, 1.807) is 21.7 Å². The Hall–Kier alpha value is -4.22. The molecule has 8 heteroatoms. The fraction of sp³-hybridized carbons (Fsp3) is 0.160. The maximum atomic E-state index is 13.3. The zero-order valence-corrected chi connectivity index (χ0v) is 17.7. The average molecular weight is 441 g/mol. The molecule has 1 aliphatic rings. The molecule has 0 aliphatic carbocycles. The summed E-state index contributed by atoms with van der Waals surface area (Å²) >= 11 is 0. The van der Waals surface area contributed by atoms with Crippen LogP contribution in [0.1, 0.15) is 21.6 Å². The van der Waals surface area contributed by atoms with Crippen molar-refractivity contribution in [1.82, 2.24) is 19.5 Å². The van der Waals surface area contributed by atoms with Gasteiger partial charge in [0.15, 0.2) is 5.65 Å². The van der Waals surface area contributed by atoms with E-state index in [1.807, 2.05) is 36.4 Å². The number of anilines is 1. The minimum absolute atomic E-state index is 0.00833. The minimum atomic E-state index is -0.469. The second-order valence-electron chi connectivity index (χ2n) is 7.62. The van der Waals surface area contributed by atoms with E-state index in [2.05, 4.69) is 21.9 Å². The van der Waals surface area contributed by atoms with Crippen LogP contribution in [-0.2, 0) is 4.74 Å². The molecule has 3 heterocycles. The largest absolute Gasteiger partial charge is 0.396 e. The third-order valence-corrected chi connectivity index (χ3v) is 5.38. The Kier molecular flexibility index (Phi) is 5.47. The maximum absolute atomic E-state index is 13.3. The van der Waals surface area contributed by atoms with Gasteiger partial charge >= 0.3 is 0 Å². The number of rotatable bonds is 2. The first-order valence-corrected chi connectivity index (χ1v) is 10.5. The third-order valence-electron chi connectivity index (χ3n) is 5.38. The number of imidazole rings is 1. The van der Waals surface area contributed by atoms with Crippen molar-refractivity contribution in [2.75, 3.05) is 32.0 Å². The van der Waals surface area contributed by atoms with Crippen LogP contribution >= 0.6 is 0 Å². The normalized spacial score (nSPS) is 13.5. The van der Waals surface area contributed by atoms with Gasteiger partial charge in [-0.1, -0.05) is 18.1 Å². The van der Waals surface area contributed by atoms with Gasteiger partial charge in [0.1, 0.15) is 11.5 Å². The highest BCUT2D eigenvalue weighted by Crippen LogP contribution is 2.19. The lowest BCUT2D eigenvalue weighted by molar-refractivity contribution is 0.0303. The number of nitrogens with zero attached hydrogens (tertiary/aromatic N) is 4. The smallest absolute Gasteiger partial charge is 0.254 e. The Morgan fingerprint density at radius 1 is 1.03 bits per heavy atom. The van der Waals surface area contributed by atoms with Gasteiger partial charge < -0.3 is 15.4 Å². The monoisotopic (exact) mass is 441 g/mol. The summed E-state index contributed by atoms with van der Waals surface area (Å²) in [5, 5.41) is 4.62. The highest BCUT2D eigenvalue weighted by molar-refractivity contribution is 5.94. The second kappa shape index (κ2) is 8.73. The van der Waals surface area contributed by atoms with Gasteiger partial charge in [0.05, 0.1) is 30.8 Å². The van der Waals surface area contributed by atoms with Crippen molar-refractivity contribution in [3.05, 3.63) is 83.4 Å². The summed E-state index contributed by atoms with van der Waals surface area (Å²) in [6, 6.07) is 15.5. The summed E-state index contributed by atoms with van der Waals surface area (Å²) in [6.07, 6.45) is 1.73. The first-order valence-electron chi connectivity index (χ1n) is 10.5. The first kappa shape index (κ1) is 20.7. The summed E-state index contributed by atoms with van der Waals surface area (Å²) in [6.45, 7) is 2.37. The fourth-order valence-electron chi connectivity index (χ4n) is 3.59. The van der Waals surface area contributed by atoms with Crippen molar-refractivity contribution in [3.8, 4) is 23.1 Å². The standard InChI is InChI=1S/C25H20FN5O2/c26-21-8-2-17(15-22(21)27)1-7-20-16-31-24(28-20)10-9-23(29-31)18-3-5-19(6-4-18)25(32)30-11-13-33-14-12-30/h2-6,8-10,15-16H,11-14,27H2. The van der Waals surface area contributed by atoms with Crippen LogP contribution in [-0.4, -0.2) is 51.7 Å². The summed E-state index contributed by atoms with van der Waals surface area (Å²) in [4.78, 5) is 18.9. The molecule has 0 saturated carbocycles. The van der Waals surface area contributed by atoms with E-state index in [0.717, 1.165) is 11.3 Å². The van der Waals surface area contributed by atoms with Crippen LogP contribution in [0.3, 0.4) is 0 Å². The van der Waals surface area contributed by atoms with Crippen molar-refractivity contribution >= 4 is 17.2 Å². The van der Waals surface area contributed by atoms with Gasteiger partial charge in [-0.3, -0.25) is 4.79 Å². The number of fused-ring (bicyclic) bond motifs is 1. The van der Waals surface area contributed by atoms with Crippen LogP contribution in [0, 0.1) is 17.7 Å². The van der Waals surface area contributed by atoms with Crippen molar-refractivity contribution in [2.24, 2.45) is 0 Å². The quantitative estimate of drug-likeness (QED) is 0.382. The van der Waals surface area contributed by atoms with E-state index in [4.69, 9.17) is 10.5 Å². The Morgan fingerprint density at radius 2 is 1.82 bits per heavy atom. The lowest BCUT2D eigenvalue weighted by Crippen LogP contribution is -2.40. The highest BCUT2D eigenvalue weighted by Gasteiger charge is 2.18. The molecule has 1 amide bonds. The Morgan fingerprint density at radius 3 is 2.58 bits per heavy atom. The second-order valence-corrected chi connectivity index (χ2v) is 7.62. The van der Waals surface area contributed by atoms with E-state index in [-0.39, 0.29) is 11.6 Å². The lowest BCUT2D eigenvalue weighted by Gasteiger charge is -2.26. The molecule has 2 aromatic carbocycles. The molecule has 33 heavy (non-hydrogen) atoms. The lowest BCUT2D eigenvalue weighted by atomic mass is 10.1. The zero-order chi connectivity index (χ0) is 22.8. The number of nitrogen functional groups attached to an aromatic ring is 1. The molecule has 1 saturated heterocycles. The van der Waals surface area contributed by atoms with E-state index < -0.39 is 5.82 Å². The van der Waals surface area contributed by atoms with Crippen LogP contribution in [0.4, 0.5) is 10.1 Å². The van der Waals surface area contributed by atoms with E-state index in [9.17, 15) is 9.18 Å². The summed E-state index contributed by atoms with van der Waals surface area (Å²) in [7, 11) is 0. The number of benzene rings is 2. The molecular formula is C25H20FN5O2. The molecule has 5 rings (SSSR count). The van der Waals surface area contributed by atoms with E-state index in [1.165, 1.54) is 12.1 Å². The molecule has 0 atom stereocenters. The summed E-state index contributed by atoms with van der Waals surface area (Å²) < 4.78 is 20.3. The summed E-state index contributed by atoms with van der Waals surface area (Å²) in [5.74, 6) is 5.43. The molecular weight excluding hydrogens is 421 g/mol. The van der Waals surface area contributed by atoms with Crippen molar-refractivity contribution in [1.29, 1.82) is 0 Å². The number of aromatic nitrogens is 3. The SMILES string of the molecule is Nc1cc(C#Cc2cn3nc(-c4ccc(C(=O)N5CCOCC5)cc4)ccc3n2)ccc1F. The zero-order valence-electron chi connectivity index (χ0n) is 17.7. The van der Waals surface area contributed by atoms with Crippen LogP contribution in [0.5, 0.6) is 0 Å². The Bertz CT molecular complexity index is 1400. The molecule has 0 unspecified atom stereocenters. The molecule has 7 nitrogen and oxygen atoms in total. The number of carbonyl (C=O) groups is 1. The average Bonchev–Trinajstić information content (AvgIpc) is 3.27. The predicted molar refractivity (Wildman–Crippen MR) is 122 cm³/mol. The van der Waals surface area contributed by atoms with Crippen LogP contribution in [0.2, 0.25) is 0 Å². The van der Waals surface area contributed by atoms with Crippen molar-refractivity contribution in [3.63, 3.8) is 0 Å².